The van der Waals surface area contributed by atoms with E-state index in [2.05, 4.69) is 4.90 Å². The van der Waals surface area contributed by atoms with Crippen molar-refractivity contribution in [2.75, 3.05) is 13.1 Å². The molecule has 1 aliphatic heterocycles. The molecule has 0 bridgehead atoms. The number of rotatable bonds is 4. The van der Waals surface area contributed by atoms with Crippen LogP contribution in [0.3, 0.4) is 0 Å². The summed E-state index contributed by atoms with van der Waals surface area (Å²) in [6.45, 7) is 2.68. The maximum Gasteiger partial charge on any atom is 0.303 e. The number of benzene rings is 1. The van der Waals surface area contributed by atoms with Gasteiger partial charge in [0.2, 0.25) is 0 Å². The molecule has 0 saturated carbocycles. The summed E-state index contributed by atoms with van der Waals surface area (Å²) in [5, 5.41) is 10.3. The van der Waals surface area contributed by atoms with Crippen molar-refractivity contribution in [2.24, 2.45) is 5.92 Å². The second-order valence-corrected chi connectivity index (χ2v) is 6.25. The number of likely N-dealkylation sites (tertiary alicyclic amines) is 1. The van der Waals surface area contributed by atoms with Gasteiger partial charge in [-0.2, -0.15) is 0 Å². The Kier molecular flexibility index (Phi) is 5.70. The average Bonchev–Trinajstić information content (AvgIpc) is 2.59. The van der Waals surface area contributed by atoms with Gasteiger partial charge in [0, 0.05) is 23.0 Å². The Labute approximate surface area is 129 Å². The lowest BCUT2D eigenvalue weighted by atomic mass is 9.97. The normalized spacial score (nSPS) is 20.6. The summed E-state index contributed by atoms with van der Waals surface area (Å²) in [7, 11) is 0. The van der Waals surface area contributed by atoms with Gasteiger partial charge in [0.15, 0.2) is 0 Å². The smallest absolute Gasteiger partial charge is 0.303 e. The predicted octanol–water partition coefficient (Wildman–Crippen LogP) is 4.07. The van der Waals surface area contributed by atoms with Crippen molar-refractivity contribution in [1.29, 1.82) is 0 Å². The van der Waals surface area contributed by atoms with E-state index in [0.717, 1.165) is 49.5 Å². The van der Waals surface area contributed by atoms with Crippen molar-refractivity contribution in [1.82, 2.24) is 4.90 Å². The molecule has 1 N–H and O–H groups in total. The summed E-state index contributed by atoms with van der Waals surface area (Å²) in [4.78, 5) is 13.1. The lowest BCUT2D eigenvalue weighted by Crippen LogP contribution is -2.24. The van der Waals surface area contributed by atoms with Gasteiger partial charge in [-0.3, -0.25) is 9.69 Å². The summed E-state index contributed by atoms with van der Waals surface area (Å²) in [5.41, 5.74) is 1.04. The second-order valence-electron chi connectivity index (χ2n) is 5.41. The molecule has 1 saturated heterocycles. The van der Waals surface area contributed by atoms with Gasteiger partial charge < -0.3 is 5.11 Å². The monoisotopic (exact) mass is 315 g/mol. The van der Waals surface area contributed by atoms with Crippen molar-refractivity contribution in [3.63, 3.8) is 0 Å². The first-order chi connectivity index (χ1) is 9.54. The number of hydrogen-bond acceptors (Lipinski definition) is 2. The molecule has 2 rings (SSSR count). The Morgan fingerprint density at radius 2 is 2.10 bits per heavy atom. The summed E-state index contributed by atoms with van der Waals surface area (Å²) in [6, 6.07) is 5.52. The Bertz CT molecular complexity index is 479. The van der Waals surface area contributed by atoms with E-state index in [0.29, 0.717) is 10.9 Å². The highest BCUT2D eigenvalue weighted by Gasteiger charge is 2.19. The van der Waals surface area contributed by atoms with Crippen molar-refractivity contribution in [2.45, 2.75) is 32.2 Å². The molecule has 1 atom stereocenters. The van der Waals surface area contributed by atoms with E-state index in [4.69, 9.17) is 28.3 Å². The van der Waals surface area contributed by atoms with Gasteiger partial charge in [-0.05, 0) is 62.0 Å². The van der Waals surface area contributed by atoms with Gasteiger partial charge in [0.1, 0.15) is 0 Å². The first-order valence-corrected chi connectivity index (χ1v) is 7.68. The van der Waals surface area contributed by atoms with Gasteiger partial charge in [-0.25, -0.2) is 0 Å². The third-order valence-corrected chi connectivity index (χ3v) is 4.41. The minimum atomic E-state index is -0.693. The molecule has 0 amide bonds. The van der Waals surface area contributed by atoms with Crippen LogP contribution in [0.2, 0.25) is 10.0 Å². The zero-order valence-electron chi connectivity index (χ0n) is 11.3. The zero-order valence-corrected chi connectivity index (χ0v) is 12.8. The van der Waals surface area contributed by atoms with Crippen molar-refractivity contribution in [3.05, 3.63) is 33.8 Å². The van der Waals surface area contributed by atoms with Crippen LogP contribution in [0.25, 0.3) is 0 Å². The summed E-state index contributed by atoms with van der Waals surface area (Å²) >= 11 is 12.2. The largest absolute Gasteiger partial charge is 0.481 e. The molecule has 1 aromatic carbocycles. The molecular weight excluding hydrogens is 297 g/mol. The summed E-state index contributed by atoms with van der Waals surface area (Å²) in [6.07, 6.45) is 3.25. The molecule has 1 aromatic rings. The maximum absolute atomic E-state index is 10.8. The Morgan fingerprint density at radius 3 is 2.85 bits per heavy atom. The maximum atomic E-state index is 10.8. The van der Waals surface area contributed by atoms with Gasteiger partial charge in [-0.1, -0.05) is 23.2 Å². The quantitative estimate of drug-likeness (QED) is 0.910. The molecule has 110 valence electrons. The highest BCUT2D eigenvalue weighted by Crippen LogP contribution is 2.25. The topological polar surface area (TPSA) is 40.5 Å². The SMILES string of the molecule is O=C(O)C[C@@H]1CCCN(Cc2cc(Cl)ccc2Cl)CC1. The van der Waals surface area contributed by atoms with Gasteiger partial charge in [0.25, 0.3) is 0 Å². The molecule has 3 nitrogen and oxygen atoms in total. The van der Waals surface area contributed by atoms with Gasteiger partial charge in [0.05, 0.1) is 0 Å². The third-order valence-electron chi connectivity index (χ3n) is 3.81. The minimum Gasteiger partial charge on any atom is -0.481 e. The molecule has 1 heterocycles. The fourth-order valence-electron chi connectivity index (χ4n) is 2.74. The van der Waals surface area contributed by atoms with Crippen molar-refractivity contribution >= 4 is 29.2 Å². The highest BCUT2D eigenvalue weighted by molar-refractivity contribution is 6.33. The molecule has 0 aromatic heterocycles. The Morgan fingerprint density at radius 1 is 1.30 bits per heavy atom. The predicted molar refractivity (Wildman–Crippen MR) is 81.3 cm³/mol. The van der Waals surface area contributed by atoms with Gasteiger partial charge in [-0.15, -0.1) is 0 Å². The van der Waals surface area contributed by atoms with Crippen LogP contribution < -0.4 is 0 Å². The number of carbonyl (C=O) groups is 1. The average molecular weight is 316 g/mol. The van der Waals surface area contributed by atoms with Gasteiger partial charge >= 0.3 is 5.97 Å². The Balaban J connectivity index is 1.94. The lowest BCUT2D eigenvalue weighted by Gasteiger charge is -2.21. The van der Waals surface area contributed by atoms with Crippen molar-refractivity contribution < 1.29 is 9.90 Å². The van der Waals surface area contributed by atoms with E-state index in [1.807, 2.05) is 12.1 Å². The molecule has 5 heteroatoms. The highest BCUT2D eigenvalue weighted by atomic mass is 35.5. The molecule has 0 spiro atoms. The van der Waals surface area contributed by atoms with Crippen LogP contribution in [0, 0.1) is 5.92 Å². The van der Waals surface area contributed by atoms with Crippen LogP contribution in [0.15, 0.2) is 18.2 Å². The molecule has 1 aliphatic rings. The number of carboxylic acids is 1. The van der Waals surface area contributed by atoms with E-state index in [1.165, 1.54) is 0 Å². The fraction of sp³-hybridized carbons (Fsp3) is 0.533. The molecule has 20 heavy (non-hydrogen) atoms. The number of hydrogen-bond donors (Lipinski definition) is 1. The van der Waals surface area contributed by atoms with E-state index in [9.17, 15) is 4.79 Å². The summed E-state index contributed by atoms with van der Waals surface area (Å²) < 4.78 is 0. The van der Waals surface area contributed by atoms with Crippen LogP contribution in [-0.2, 0) is 11.3 Å². The fourth-order valence-corrected chi connectivity index (χ4v) is 3.11. The molecular formula is C15H19Cl2NO2. The number of halogens is 2. The lowest BCUT2D eigenvalue weighted by molar-refractivity contribution is -0.138. The van der Waals surface area contributed by atoms with E-state index < -0.39 is 5.97 Å². The van der Waals surface area contributed by atoms with E-state index in [1.54, 1.807) is 6.07 Å². The molecule has 0 aliphatic carbocycles. The minimum absolute atomic E-state index is 0.283. The number of aliphatic carboxylic acids is 1. The van der Waals surface area contributed by atoms with Crippen molar-refractivity contribution in [3.8, 4) is 0 Å². The van der Waals surface area contributed by atoms with E-state index in [-0.39, 0.29) is 6.42 Å². The number of nitrogens with zero attached hydrogens (tertiary/aromatic N) is 1. The first kappa shape index (κ1) is 15.6. The van der Waals surface area contributed by atoms with Crippen LogP contribution in [0.1, 0.15) is 31.2 Å². The third kappa shape index (κ3) is 4.65. The summed E-state index contributed by atoms with van der Waals surface area (Å²) in [5.74, 6) is -0.395. The molecule has 0 radical (unpaired) electrons. The Hall–Kier alpha value is -0.770. The zero-order chi connectivity index (χ0) is 14.5. The van der Waals surface area contributed by atoms with Crippen LogP contribution in [0.4, 0.5) is 0 Å². The van der Waals surface area contributed by atoms with Crippen LogP contribution in [-0.4, -0.2) is 29.1 Å². The molecule has 0 unspecified atom stereocenters. The molecule has 1 fully saturated rings. The van der Waals surface area contributed by atoms with E-state index >= 15 is 0 Å². The second kappa shape index (κ2) is 7.30. The standard InChI is InChI=1S/C15H19Cl2NO2/c16-13-3-4-14(17)12(9-13)10-18-6-1-2-11(5-7-18)8-15(19)20/h3-4,9,11H,1-2,5-8,10H2,(H,19,20)/t11-/m1/s1. The number of carboxylic acid groups (broad SMARTS) is 1. The first-order valence-electron chi connectivity index (χ1n) is 6.92. The van der Waals surface area contributed by atoms with Crippen LogP contribution in [0.5, 0.6) is 0 Å². The van der Waals surface area contributed by atoms with Crippen LogP contribution >= 0.6 is 23.2 Å².